The van der Waals surface area contributed by atoms with Gasteiger partial charge in [0.05, 0.1) is 20.3 Å². The number of methoxy groups -OCH3 is 2. The fourth-order valence-corrected chi connectivity index (χ4v) is 5.46. The van der Waals surface area contributed by atoms with Crippen LogP contribution >= 0.6 is 11.3 Å². The second-order valence-corrected chi connectivity index (χ2v) is 10.2. The highest BCUT2D eigenvalue weighted by Crippen LogP contribution is 2.30. The van der Waals surface area contributed by atoms with Crippen LogP contribution in [0.5, 0.6) is 11.5 Å². The monoisotopic (exact) mass is 508 g/mol. The molecule has 1 amide bonds. The van der Waals surface area contributed by atoms with Crippen molar-refractivity contribution in [2.75, 3.05) is 47.1 Å². The maximum absolute atomic E-state index is 13.8. The molecule has 7 heteroatoms. The molecule has 2 heterocycles. The van der Waals surface area contributed by atoms with E-state index in [-0.39, 0.29) is 5.91 Å². The van der Waals surface area contributed by atoms with Crippen molar-refractivity contribution >= 4 is 17.2 Å². The van der Waals surface area contributed by atoms with Gasteiger partial charge in [-0.2, -0.15) is 0 Å². The first-order valence-corrected chi connectivity index (χ1v) is 13.4. The molecule has 1 N–H and O–H groups in total. The Labute approximate surface area is 218 Å². The van der Waals surface area contributed by atoms with Crippen molar-refractivity contribution in [1.82, 2.24) is 10.2 Å². The molecule has 0 aliphatic carbocycles. The van der Waals surface area contributed by atoms with E-state index in [9.17, 15) is 4.79 Å². The molecule has 1 saturated heterocycles. The number of hydrogen-bond acceptors (Lipinski definition) is 6. The van der Waals surface area contributed by atoms with Crippen LogP contribution in [0.4, 0.5) is 0 Å². The number of amides is 1. The lowest BCUT2D eigenvalue weighted by Crippen LogP contribution is -2.37. The average Bonchev–Trinajstić information content (AvgIpc) is 3.58. The molecule has 1 aliphatic rings. The fraction of sp³-hybridized carbons (Fsp3) is 0.414. The molecule has 1 fully saturated rings. The molecule has 6 nitrogen and oxygen atoms in total. The summed E-state index contributed by atoms with van der Waals surface area (Å²) in [6, 6.07) is 20.2. The second kappa shape index (κ2) is 13.4. The number of carbonyl (C=O) groups excluding carboxylic acids is 1. The molecule has 0 saturated carbocycles. The van der Waals surface area contributed by atoms with E-state index in [1.54, 1.807) is 25.6 Å². The molecule has 0 spiro atoms. The summed E-state index contributed by atoms with van der Waals surface area (Å²) in [6.45, 7) is 4.31. The van der Waals surface area contributed by atoms with E-state index < -0.39 is 0 Å². The molecule has 192 valence electrons. The number of benzene rings is 2. The van der Waals surface area contributed by atoms with Crippen LogP contribution in [0.15, 0.2) is 66.0 Å². The summed E-state index contributed by atoms with van der Waals surface area (Å²) in [5.41, 5.74) is 1.96. The molecule has 3 aromatic rings. The van der Waals surface area contributed by atoms with Gasteiger partial charge in [0.25, 0.3) is 5.91 Å². The van der Waals surface area contributed by atoms with Crippen LogP contribution in [0.1, 0.15) is 27.2 Å². The van der Waals surface area contributed by atoms with Gasteiger partial charge in [0.1, 0.15) is 0 Å². The predicted octanol–water partition coefficient (Wildman–Crippen LogP) is 4.89. The summed E-state index contributed by atoms with van der Waals surface area (Å²) in [5.74, 6) is 2.09. The topological polar surface area (TPSA) is 60.0 Å². The van der Waals surface area contributed by atoms with E-state index in [2.05, 4.69) is 47.1 Å². The zero-order chi connectivity index (χ0) is 25.2. The van der Waals surface area contributed by atoms with Crippen LogP contribution < -0.4 is 14.8 Å². The van der Waals surface area contributed by atoms with Crippen molar-refractivity contribution < 1.29 is 19.0 Å². The van der Waals surface area contributed by atoms with Gasteiger partial charge in [-0.25, -0.2) is 0 Å². The van der Waals surface area contributed by atoms with Gasteiger partial charge in [-0.15, -0.1) is 11.3 Å². The number of ether oxygens (including phenoxy) is 3. The zero-order valence-electron chi connectivity index (χ0n) is 21.2. The Bertz CT molecular complexity index is 1070. The largest absolute Gasteiger partial charge is 0.493 e. The first-order chi connectivity index (χ1) is 17.7. The third-order valence-electron chi connectivity index (χ3n) is 6.65. The summed E-state index contributed by atoms with van der Waals surface area (Å²) in [7, 11) is 3.29. The van der Waals surface area contributed by atoms with Crippen LogP contribution in [0.3, 0.4) is 0 Å². The minimum atomic E-state index is 0.0122. The van der Waals surface area contributed by atoms with Crippen LogP contribution in [-0.2, 0) is 17.7 Å². The highest BCUT2D eigenvalue weighted by atomic mass is 32.1. The van der Waals surface area contributed by atoms with Crippen molar-refractivity contribution in [2.24, 2.45) is 11.8 Å². The lowest BCUT2D eigenvalue weighted by molar-refractivity contribution is 0.0706. The lowest BCUT2D eigenvalue weighted by Gasteiger charge is -2.28. The first kappa shape index (κ1) is 26.2. The summed E-state index contributed by atoms with van der Waals surface area (Å²) in [5, 5.41) is 5.62. The van der Waals surface area contributed by atoms with Gasteiger partial charge >= 0.3 is 0 Å². The number of hydrogen-bond donors (Lipinski definition) is 1. The number of nitrogens with one attached hydrogen (secondary N) is 1. The molecule has 4 rings (SSSR count). The molecule has 0 bridgehead atoms. The summed E-state index contributed by atoms with van der Waals surface area (Å²) >= 11 is 1.68. The Hall–Kier alpha value is -2.87. The second-order valence-electron chi connectivity index (χ2n) is 9.19. The van der Waals surface area contributed by atoms with E-state index in [1.807, 2.05) is 29.2 Å². The van der Waals surface area contributed by atoms with Crippen molar-refractivity contribution in [2.45, 2.75) is 19.4 Å². The van der Waals surface area contributed by atoms with Crippen molar-refractivity contribution in [3.05, 3.63) is 82.0 Å². The minimum absolute atomic E-state index is 0.0122. The average molecular weight is 509 g/mol. The van der Waals surface area contributed by atoms with Crippen molar-refractivity contribution in [1.29, 1.82) is 0 Å². The summed E-state index contributed by atoms with van der Waals surface area (Å²) in [6.07, 6.45) is 1.78. The quantitative estimate of drug-likeness (QED) is 0.333. The number of thiophene rings is 1. The van der Waals surface area contributed by atoms with E-state index in [1.165, 1.54) is 10.4 Å². The first-order valence-electron chi connectivity index (χ1n) is 12.5. The van der Waals surface area contributed by atoms with E-state index in [0.29, 0.717) is 55.2 Å². The normalized spacial score (nSPS) is 17.2. The third-order valence-corrected chi connectivity index (χ3v) is 7.51. The third kappa shape index (κ3) is 7.09. The highest BCUT2D eigenvalue weighted by molar-refractivity contribution is 7.09. The minimum Gasteiger partial charge on any atom is -0.493 e. The van der Waals surface area contributed by atoms with Crippen LogP contribution in [0.25, 0.3) is 0 Å². The Morgan fingerprint density at radius 1 is 1.00 bits per heavy atom. The van der Waals surface area contributed by atoms with Gasteiger partial charge in [0.2, 0.25) is 0 Å². The van der Waals surface area contributed by atoms with Gasteiger partial charge < -0.3 is 24.4 Å². The molecule has 2 atom stereocenters. The zero-order valence-corrected chi connectivity index (χ0v) is 22.0. The fourth-order valence-electron chi connectivity index (χ4n) is 4.74. The number of rotatable bonds is 13. The number of carbonyl (C=O) groups is 1. The Balaban J connectivity index is 1.51. The van der Waals surface area contributed by atoms with Crippen LogP contribution in [0.2, 0.25) is 0 Å². The Kier molecular flexibility index (Phi) is 9.78. The van der Waals surface area contributed by atoms with Gasteiger partial charge in [0, 0.05) is 37.1 Å². The van der Waals surface area contributed by atoms with Gasteiger partial charge in [0.15, 0.2) is 11.5 Å². The highest BCUT2D eigenvalue weighted by Gasteiger charge is 2.31. The van der Waals surface area contributed by atoms with E-state index >= 15 is 0 Å². The summed E-state index contributed by atoms with van der Waals surface area (Å²) < 4.78 is 16.5. The molecule has 1 aliphatic heterocycles. The molecule has 2 unspecified atom stereocenters. The van der Waals surface area contributed by atoms with Crippen LogP contribution in [-0.4, -0.2) is 57.9 Å². The van der Waals surface area contributed by atoms with Gasteiger partial charge in [-0.3, -0.25) is 4.79 Å². The number of nitrogens with zero attached hydrogens (tertiary/aromatic N) is 1. The predicted molar refractivity (Wildman–Crippen MR) is 144 cm³/mol. The maximum atomic E-state index is 13.8. The molecular weight excluding hydrogens is 472 g/mol. The maximum Gasteiger partial charge on any atom is 0.254 e. The molecule has 2 aromatic carbocycles. The molecule has 1 aromatic heterocycles. The van der Waals surface area contributed by atoms with Crippen molar-refractivity contribution in [3.8, 4) is 11.5 Å². The van der Waals surface area contributed by atoms with Crippen molar-refractivity contribution in [3.63, 3.8) is 0 Å². The molecule has 0 radical (unpaired) electrons. The molecular formula is C29H36N2O4S. The van der Waals surface area contributed by atoms with Gasteiger partial charge in [-0.1, -0.05) is 36.4 Å². The Morgan fingerprint density at radius 3 is 2.58 bits per heavy atom. The smallest absolute Gasteiger partial charge is 0.254 e. The lowest BCUT2D eigenvalue weighted by atomic mass is 9.89. The Morgan fingerprint density at radius 2 is 1.83 bits per heavy atom. The summed E-state index contributed by atoms with van der Waals surface area (Å²) in [4.78, 5) is 17.0. The van der Waals surface area contributed by atoms with Crippen LogP contribution in [0, 0.1) is 11.8 Å². The van der Waals surface area contributed by atoms with Gasteiger partial charge in [-0.05, 0) is 66.6 Å². The standard InChI is InChI=1S/C29H36N2O4S/c1-33-13-7-14-35-28-17-23(11-12-27(28)34-2)29(32)31(21-26-10-6-15-36-26)20-25-19-30-18-24(25)16-22-8-4-3-5-9-22/h3-6,8-12,15,17,24-25,30H,7,13-14,16,18-21H2,1-2H3. The molecule has 36 heavy (non-hydrogen) atoms. The van der Waals surface area contributed by atoms with E-state index in [4.69, 9.17) is 14.2 Å². The SMILES string of the molecule is COCCCOc1cc(C(=O)N(Cc2cccs2)CC2CNCC2Cc2ccccc2)ccc1OC. The van der Waals surface area contributed by atoms with E-state index in [0.717, 1.165) is 25.9 Å².